The lowest BCUT2D eigenvalue weighted by atomic mass is 9.92. The van der Waals surface area contributed by atoms with Crippen LogP contribution in [0.5, 0.6) is 0 Å². The van der Waals surface area contributed by atoms with Gasteiger partial charge in [-0.25, -0.2) is 0 Å². The molecule has 6 heteroatoms. The molecular formula is C24H29N3O3. The Kier molecular flexibility index (Phi) is 7.00. The molecule has 1 fully saturated rings. The van der Waals surface area contributed by atoms with Gasteiger partial charge >= 0.3 is 0 Å². The molecule has 2 atom stereocenters. The number of allylic oxidation sites excluding steroid dienone is 1. The Balaban J connectivity index is 1.74. The average molecular weight is 408 g/mol. The zero-order chi connectivity index (χ0) is 21.7. The SMILES string of the molecule is CC(C)=Cc1cncc(C(=O)Nc2cc(C(=O)N[C@H]3CCCC[C@@H]3O)ccc2C)c1. The highest BCUT2D eigenvalue weighted by Gasteiger charge is 2.25. The first kappa shape index (κ1) is 21.7. The predicted molar refractivity (Wildman–Crippen MR) is 118 cm³/mol. The van der Waals surface area contributed by atoms with Crippen molar-refractivity contribution in [3.05, 3.63) is 64.5 Å². The second-order valence-corrected chi connectivity index (χ2v) is 8.14. The molecule has 3 N–H and O–H groups in total. The van der Waals surface area contributed by atoms with E-state index in [-0.39, 0.29) is 17.9 Å². The lowest BCUT2D eigenvalue weighted by molar-refractivity contribution is 0.0717. The molecule has 1 aromatic carbocycles. The largest absolute Gasteiger partial charge is 0.391 e. The number of anilines is 1. The smallest absolute Gasteiger partial charge is 0.257 e. The molecule has 158 valence electrons. The van der Waals surface area contributed by atoms with Gasteiger partial charge in [-0.1, -0.05) is 30.6 Å². The van der Waals surface area contributed by atoms with Crippen LogP contribution in [0.4, 0.5) is 5.69 Å². The lowest BCUT2D eigenvalue weighted by Crippen LogP contribution is -2.45. The fraction of sp³-hybridized carbons (Fsp3) is 0.375. The van der Waals surface area contributed by atoms with Crippen molar-refractivity contribution >= 4 is 23.6 Å². The van der Waals surface area contributed by atoms with E-state index in [2.05, 4.69) is 15.6 Å². The van der Waals surface area contributed by atoms with Crippen molar-refractivity contribution in [2.24, 2.45) is 0 Å². The molecule has 2 amide bonds. The first-order valence-corrected chi connectivity index (χ1v) is 10.3. The van der Waals surface area contributed by atoms with Crippen LogP contribution in [0.3, 0.4) is 0 Å². The number of benzene rings is 1. The molecule has 30 heavy (non-hydrogen) atoms. The number of hydrogen-bond acceptors (Lipinski definition) is 4. The van der Waals surface area contributed by atoms with Crippen molar-refractivity contribution in [3.8, 4) is 0 Å². The third-order valence-electron chi connectivity index (χ3n) is 5.27. The molecule has 0 bridgehead atoms. The van der Waals surface area contributed by atoms with Crippen molar-refractivity contribution < 1.29 is 14.7 Å². The van der Waals surface area contributed by atoms with E-state index in [9.17, 15) is 14.7 Å². The number of carbonyl (C=O) groups excluding carboxylic acids is 2. The van der Waals surface area contributed by atoms with Gasteiger partial charge in [0.1, 0.15) is 0 Å². The molecule has 0 aliphatic heterocycles. The third kappa shape index (κ3) is 5.54. The third-order valence-corrected chi connectivity index (χ3v) is 5.27. The molecule has 1 aromatic heterocycles. The molecule has 2 aromatic rings. The van der Waals surface area contributed by atoms with Crippen LogP contribution < -0.4 is 10.6 Å². The minimum atomic E-state index is -0.507. The summed E-state index contributed by atoms with van der Waals surface area (Å²) in [5, 5.41) is 15.9. The van der Waals surface area contributed by atoms with Crippen molar-refractivity contribution in [2.45, 2.75) is 58.6 Å². The number of amides is 2. The van der Waals surface area contributed by atoms with E-state index in [4.69, 9.17) is 0 Å². The molecule has 0 unspecified atom stereocenters. The van der Waals surface area contributed by atoms with Gasteiger partial charge in [0, 0.05) is 23.6 Å². The van der Waals surface area contributed by atoms with E-state index in [1.807, 2.05) is 26.8 Å². The maximum atomic E-state index is 12.7. The topological polar surface area (TPSA) is 91.3 Å². The Labute approximate surface area is 177 Å². The number of nitrogens with zero attached hydrogens (tertiary/aromatic N) is 1. The van der Waals surface area contributed by atoms with Crippen LogP contribution in [0.15, 0.2) is 42.2 Å². The van der Waals surface area contributed by atoms with Crippen LogP contribution in [0.25, 0.3) is 6.08 Å². The number of carbonyl (C=O) groups is 2. The first-order chi connectivity index (χ1) is 14.3. The zero-order valence-corrected chi connectivity index (χ0v) is 17.7. The molecule has 1 aliphatic rings. The van der Waals surface area contributed by atoms with Gasteiger partial charge in [0.2, 0.25) is 0 Å². The summed E-state index contributed by atoms with van der Waals surface area (Å²) >= 11 is 0. The van der Waals surface area contributed by atoms with Crippen LogP contribution in [0.1, 0.15) is 71.4 Å². The molecule has 1 saturated carbocycles. The highest BCUT2D eigenvalue weighted by atomic mass is 16.3. The lowest BCUT2D eigenvalue weighted by Gasteiger charge is -2.28. The number of pyridine rings is 1. The summed E-state index contributed by atoms with van der Waals surface area (Å²) in [7, 11) is 0. The molecule has 1 heterocycles. The predicted octanol–water partition coefficient (Wildman–Crippen LogP) is 4.10. The van der Waals surface area contributed by atoms with Crippen molar-refractivity contribution in [2.75, 3.05) is 5.32 Å². The van der Waals surface area contributed by atoms with Gasteiger partial charge in [-0.15, -0.1) is 0 Å². The summed E-state index contributed by atoms with van der Waals surface area (Å²) < 4.78 is 0. The van der Waals surface area contributed by atoms with Gasteiger partial charge in [0.25, 0.3) is 11.8 Å². The maximum absolute atomic E-state index is 12.7. The maximum Gasteiger partial charge on any atom is 0.257 e. The van der Waals surface area contributed by atoms with Gasteiger partial charge in [0.15, 0.2) is 0 Å². The van der Waals surface area contributed by atoms with E-state index < -0.39 is 6.10 Å². The van der Waals surface area contributed by atoms with Gasteiger partial charge < -0.3 is 15.7 Å². The van der Waals surface area contributed by atoms with E-state index >= 15 is 0 Å². The van der Waals surface area contributed by atoms with Crippen LogP contribution in [0, 0.1) is 6.92 Å². The number of nitrogens with one attached hydrogen (secondary N) is 2. The van der Waals surface area contributed by atoms with Crippen molar-refractivity contribution in [1.82, 2.24) is 10.3 Å². The van der Waals surface area contributed by atoms with Gasteiger partial charge in [-0.05, 0) is 62.9 Å². The monoisotopic (exact) mass is 407 g/mol. The van der Waals surface area contributed by atoms with Crippen LogP contribution in [-0.4, -0.2) is 34.1 Å². The number of aryl methyl sites for hydroxylation is 1. The Morgan fingerprint density at radius 3 is 2.57 bits per heavy atom. The minimum absolute atomic E-state index is 0.227. The number of aliphatic hydroxyl groups is 1. The van der Waals surface area contributed by atoms with Gasteiger partial charge in [0.05, 0.1) is 17.7 Å². The van der Waals surface area contributed by atoms with E-state index in [0.29, 0.717) is 23.2 Å². The van der Waals surface area contributed by atoms with Gasteiger partial charge in [-0.2, -0.15) is 0 Å². The normalized spacial score (nSPS) is 18.4. The van der Waals surface area contributed by atoms with E-state index in [0.717, 1.165) is 36.0 Å². The molecule has 0 radical (unpaired) electrons. The quantitative estimate of drug-likeness (QED) is 0.696. The molecule has 0 spiro atoms. The summed E-state index contributed by atoms with van der Waals surface area (Å²) in [4.78, 5) is 29.6. The standard InChI is InChI=1S/C24H29N3O3/c1-15(2)10-17-11-19(14-25-13-17)24(30)27-21-12-18(9-8-16(21)3)23(29)26-20-6-4-5-7-22(20)28/h8-14,20,22,28H,4-7H2,1-3H3,(H,26,29)(H,27,30)/t20-,22-/m0/s1. The number of rotatable bonds is 5. The van der Waals surface area contributed by atoms with E-state index in [1.165, 1.54) is 6.20 Å². The Bertz CT molecular complexity index is 964. The molecule has 3 rings (SSSR count). The second-order valence-electron chi connectivity index (χ2n) is 8.14. The zero-order valence-electron chi connectivity index (χ0n) is 17.7. The Morgan fingerprint density at radius 2 is 1.83 bits per heavy atom. The van der Waals surface area contributed by atoms with Gasteiger partial charge in [-0.3, -0.25) is 14.6 Å². The van der Waals surface area contributed by atoms with Crippen molar-refractivity contribution in [1.29, 1.82) is 0 Å². The Hall–Kier alpha value is -2.99. The summed E-state index contributed by atoms with van der Waals surface area (Å²) in [6, 6.07) is 6.76. The highest BCUT2D eigenvalue weighted by Crippen LogP contribution is 2.21. The average Bonchev–Trinajstić information content (AvgIpc) is 2.71. The van der Waals surface area contributed by atoms with Crippen molar-refractivity contribution in [3.63, 3.8) is 0 Å². The fourth-order valence-electron chi connectivity index (χ4n) is 3.62. The first-order valence-electron chi connectivity index (χ1n) is 10.3. The minimum Gasteiger partial charge on any atom is -0.391 e. The summed E-state index contributed by atoms with van der Waals surface area (Å²) in [6.07, 6.45) is 8.15. The number of hydrogen-bond donors (Lipinski definition) is 3. The summed E-state index contributed by atoms with van der Waals surface area (Å²) in [5.74, 6) is -0.529. The number of aromatic nitrogens is 1. The Morgan fingerprint density at radius 1 is 1.07 bits per heavy atom. The molecule has 0 saturated heterocycles. The highest BCUT2D eigenvalue weighted by molar-refractivity contribution is 6.05. The van der Waals surface area contributed by atoms with Crippen LogP contribution in [0.2, 0.25) is 0 Å². The summed E-state index contributed by atoms with van der Waals surface area (Å²) in [6.45, 7) is 5.85. The van der Waals surface area contributed by atoms with Crippen LogP contribution in [-0.2, 0) is 0 Å². The second kappa shape index (κ2) is 9.67. The molecule has 1 aliphatic carbocycles. The summed E-state index contributed by atoms with van der Waals surface area (Å²) in [5.41, 5.74) is 4.30. The number of aliphatic hydroxyl groups excluding tert-OH is 1. The molecular weight excluding hydrogens is 378 g/mol. The molecule has 6 nitrogen and oxygen atoms in total. The fourth-order valence-corrected chi connectivity index (χ4v) is 3.62. The van der Waals surface area contributed by atoms with E-state index in [1.54, 1.807) is 30.5 Å². The van der Waals surface area contributed by atoms with Crippen LogP contribution >= 0.6 is 0 Å².